The van der Waals surface area contributed by atoms with E-state index < -0.39 is 0 Å². The van der Waals surface area contributed by atoms with Crippen LogP contribution < -0.4 is 5.32 Å². The molecule has 3 heterocycles. The van der Waals surface area contributed by atoms with E-state index in [0.29, 0.717) is 23.6 Å². The predicted octanol–water partition coefficient (Wildman–Crippen LogP) is 3.93. The molecule has 1 aliphatic rings. The van der Waals surface area contributed by atoms with Gasteiger partial charge < -0.3 is 14.6 Å². The first-order chi connectivity index (χ1) is 15.1. The highest BCUT2D eigenvalue weighted by Crippen LogP contribution is 2.23. The average molecular weight is 423 g/mol. The highest BCUT2D eigenvalue weighted by molar-refractivity contribution is 5.94. The fourth-order valence-corrected chi connectivity index (χ4v) is 4.12. The van der Waals surface area contributed by atoms with E-state index in [1.807, 2.05) is 21.6 Å². The fourth-order valence-electron chi connectivity index (χ4n) is 4.12. The van der Waals surface area contributed by atoms with Gasteiger partial charge in [-0.05, 0) is 61.6 Å². The Morgan fingerprint density at radius 3 is 2.55 bits per heavy atom. The summed E-state index contributed by atoms with van der Waals surface area (Å²) in [4.78, 5) is 30.9. The second-order valence-electron chi connectivity index (χ2n) is 8.10. The number of aromatic nitrogens is 2. The summed E-state index contributed by atoms with van der Waals surface area (Å²) in [6.07, 6.45) is 10.4. The van der Waals surface area contributed by atoms with Crippen LogP contribution in [0.3, 0.4) is 0 Å². The summed E-state index contributed by atoms with van der Waals surface area (Å²) < 4.78 is 14.9. The molecule has 0 atom stereocenters. The first kappa shape index (κ1) is 21.0. The number of unbranched alkanes of at least 4 members (excludes halogenated alkanes) is 1. The van der Waals surface area contributed by atoms with Crippen molar-refractivity contribution in [2.45, 2.75) is 32.1 Å². The average Bonchev–Trinajstić information content (AvgIpc) is 3.27. The minimum absolute atomic E-state index is 0.0185. The zero-order valence-electron chi connectivity index (χ0n) is 17.5. The van der Waals surface area contributed by atoms with Gasteiger partial charge in [-0.25, -0.2) is 9.37 Å². The van der Waals surface area contributed by atoms with Gasteiger partial charge in [-0.3, -0.25) is 9.59 Å². The number of nitrogens with one attached hydrogen (secondary N) is 1. The third-order valence-corrected chi connectivity index (χ3v) is 5.97. The Labute approximate surface area is 181 Å². The van der Waals surface area contributed by atoms with Gasteiger partial charge in [0.25, 0.3) is 11.8 Å². The molecule has 7 heteroatoms. The molecule has 0 radical (unpaired) electrons. The van der Waals surface area contributed by atoms with E-state index in [4.69, 9.17) is 0 Å². The van der Waals surface area contributed by atoms with Gasteiger partial charge >= 0.3 is 0 Å². The first-order valence-corrected chi connectivity index (χ1v) is 10.9. The van der Waals surface area contributed by atoms with Crippen molar-refractivity contribution in [1.29, 1.82) is 0 Å². The molecular formula is C24H27FN4O2. The SMILES string of the molecule is O=C(NCCCCC1CCN(C(=O)c2ccc(F)cc2)CC1)c1ccc2nccn2c1. The van der Waals surface area contributed by atoms with Crippen LogP contribution in [0.25, 0.3) is 5.65 Å². The van der Waals surface area contributed by atoms with Crippen molar-refractivity contribution in [2.24, 2.45) is 5.92 Å². The lowest BCUT2D eigenvalue weighted by Gasteiger charge is -2.32. The van der Waals surface area contributed by atoms with E-state index in [9.17, 15) is 14.0 Å². The zero-order chi connectivity index (χ0) is 21.6. The Morgan fingerprint density at radius 2 is 1.77 bits per heavy atom. The van der Waals surface area contributed by atoms with Gasteiger partial charge in [-0.2, -0.15) is 0 Å². The van der Waals surface area contributed by atoms with Crippen LogP contribution in [0.1, 0.15) is 52.8 Å². The van der Waals surface area contributed by atoms with Crippen molar-refractivity contribution in [3.8, 4) is 0 Å². The van der Waals surface area contributed by atoms with Crippen molar-refractivity contribution >= 4 is 17.5 Å². The Bertz CT molecular complexity index is 1040. The van der Waals surface area contributed by atoms with Crippen molar-refractivity contribution < 1.29 is 14.0 Å². The van der Waals surface area contributed by atoms with Crippen LogP contribution in [-0.4, -0.2) is 45.7 Å². The molecule has 1 aromatic carbocycles. The monoisotopic (exact) mass is 422 g/mol. The maximum Gasteiger partial charge on any atom is 0.253 e. The number of hydrogen-bond donors (Lipinski definition) is 1. The minimum Gasteiger partial charge on any atom is -0.352 e. The molecule has 0 unspecified atom stereocenters. The van der Waals surface area contributed by atoms with Gasteiger partial charge in [-0.15, -0.1) is 0 Å². The Hall–Kier alpha value is -3.22. The van der Waals surface area contributed by atoms with Crippen LogP contribution >= 0.6 is 0 Å². The Morgan fingerprint density at radius 1 is 1.03 bits per heavy atom. The molecular weight excluding hydrogens is 395 g/mol. The molecule has 0 saturated carbocycles. The van der Waals surface area contributed by atoms with E-state index in [1.54, 1.807) is 30.6 Å². The smallest absolute Gasteiger partial charge is 0.253 e. The quantitative estimate of drug-likeness (QED) is 0.587. The van der Waals surface area contributed by atoms with Gasteiger partial charge in [0.15, 0.2) is 0 Å². The van der Waals surface area contributed by atoms with Gasteiger partial charge in [0.2, 0.25) is 0 Å². The summed E-state index contributed by atoms with van der Waals surface area (Å²) in [7, 11) is 0. The maximum atomic E-state index is 13.0. The van der Waals surface area contributed by atoms with Crippen LogP contribution in [0.2, 0.25) is 0 Å². The summed E-state index contributed by atoms with van der Waals surface area (Å²) in [5, 5.41) is 2.99. The van der Waals surface area contributed by atoms with Crippen molar-refractivity contribution in [2.75, 3.05) is 19.6 Å². The van der Waals surface area contributed by atoms with Gasteiger partial charge in [0.05, 0.1) is 5.56 Å². The molecule has 2 aromatic heterocycles. The number of halogens is 1. The lowest BCUT2D eigenvalue weighted by molar-refractivity contribution is 0.0685. The number of fused-ring (bicyclic) bond motifs is 1. The topological polar surface area (TPSA) is 66.7 Å². The van der Waals surface area contributed by atoms with E-state index in [-0.39, 0.29) is 17.6 Å². The zero-order valence-corrected chi connectivity index (χ0v) is 17.5. The number of carbonyl (C=O) groups excluding carboxylic acids is 2. The molecule has 3 aromatic rings. The van der Waals surface area contributed by atoms with Crippen LogP contribution in [0, 0.1) is 11.7 Å². The summed E-state index contributed by atoms with van der Waals surface area (Å²) in [6.45, 7) is 2.14. The van der Waals surface area contributed by atoms with Crippen LogP contribution in [0.4, 0.5) is 4.39 Å². The molecule has 31 heavy (non-hydrogen) atoms. The standard InChI is InChI=1S/C24H27FN4O2/c25-21-7-4-19(5-8-21)24(31)28-14-10-18(11-15-28)3-1-2-12-27-23(30)20-6-9-22-26-13-16-29(22)17-20/h4-9,13,16-18H,1-3,10-12,14-15H2,(H,27,30). The highest BCUT2D eigenvalue weighted by atomic mass is 19.1. The number of imidazole rings is 1. The summed E-state index contributed by atoms with van der Waals surface area (Å²) in [5.74, 6) is 0.195. The summed E-state index contributed by atoms with van der Waals surface area (Å²) >= 11 is 0. The lowest BCUT2D eigenvalue weighted by atomic mass is 9.91. The highest BCUT2D eigenvalue weighted by Gasteiger charge is 2.23. The molecule has 1 saturated heterocycles. The van der Waals surface area contributed by atoms with E-state index >= 15 is 0 Å². The van der Waals surface area contributed by atoms with Crippen molar-refractivity contribution in [3.05, 3.63) is 71.9 Å². The third kappa shape index (κ3) is 5.29. The number of hydrogen-bond acceptors (Lipinski definition) is 3. The number of nitrogens with zero attached hydrogens (tertiary/aromatic N) is 3. The van der Waals surface area contributed by atoms with Gasteiger partial charge in [-0.1, -0.05) is 12.8 Å². The lowest BCUT2D eigenvalue weighted by Crippen LogP contribution is -2.38. The molecule has 6 nitrogen and oxygen atoms in total. The molecule has 0 aliphatic carbocycles. The number of piperidine rings is 1. The third-order valence-electron chi connectivity index (χ3n) is 5.97. The molecule has 0 spiro atoms. The fraction of sp³-hybridized carbons (Fsp3) is 0.375. The van der Waals surface area contributed by atoms with Crippen molar-refractivity contribution in [1.82, 2.24) is 19.6 Å². The number of rotatable bonds is 7. The van der Waals surface area contributed by atoms with E-state index in [2.05, 4.69) is 10.3 Å². The van der Waals surface area contributed by atoms with Crippen LogP contribution in [0.15, 0.2) is 55.0 Å². The summed E-state index contributed by atoms with van der Waals surface area (Å²) in [6, 6.07) is 9.38. The number of likely N-dealkylation sites (tertiary alicyclic amines) is 1. The van der Waals surface area contributed by atoms with Crippen LogP contribution in [0.5, 0.6) is 0 Å². The number of amides is 2. The molecule has 2 amide bonds. The maximum absolute atomic E-state index is 13.0. The Kier molecular flexibility index (Phi) is 6.60. The number of carbonyl (C=O) groups is 2. The second kappa shape index (κ2) is 9.73. The normalized spacial score (nSPS) is 14.7. The van der Waals surface area contributed by atoms with E-state index in [1.165, 1.54) is 12.1 Å². The second-order valence-corrected chi connectivity index (χ2v) is 8.10. The molecule has 4 rings (SSSR count). The summed E-state index contributed by atoms with van der Waals surface area (Å²) in [5.41, 5.74) is 1.99. The largest absolute Gasteiger partial charge is 0.352 e. The number of benzene rings is 1. The molecule has 1 N–H and O–H groups in total. The van der Waals surface area contributed by atoms with Crippen molar-refractivity contribution in [3.63, 3.8) is 0 Å². The van der Waals surface area contributed by atoms with Gasteiger partial charge in [0, 0.05) is 43.8 Å². The molecule has 1 fully saturated rings. The Balaban J connectivity index is 1.13. The molecule has 0 bridgehead atoms. The van der Waals surface area contributed by atoms with Crippen LogP contribution in [-0.2, 0) is 0 Å². The molecule has 1 aliphatic heterocycles. The van der Waals surface area contributed by atoms with Gasteiger partial charge in [0.1, 0.15) is 11.5 Å². The number of pyridine rings is 1. The predicted molar refractivity (Wildman–Crippen MR) is 116 cm³/mol. The minimum atomic E-state index is -0.328. The first-order valence-electron chi connectivity index (χ1n) is 10.9. The molecule has 162 valence electrons. The van der Waals surface area contributed by atoms with E-state index in [0.717, 1.165) is 50.8 Å².